The molecule has 3 aromatic heterocycles. The molecule has 0 aliphatic rings. The predicted octanol–water partition coefficient (Wildman–Crippen LogP) is 14.9. The van der Waals surface area contributed by atoms with Crippen molar-refractivity contribution in [2.24, 2.45) is 0 Å². The van der Waals surface area contributed by atoms with E-state index in [2.05, 4.69) is 162 Å². The first-order valence-electron chi connectivity index (χ1n) is 20.9. The van der Waals surface area contributed by atoms with E-state index in [1.54, 1.807) is 0 Å². The maximum absolute atomic E-state index is 7.04. The van der Waals surface area contributed by atoms with Gasteiger partial charge in [-0.3, -0.25) is 0 Å². The Morgan fingerprint density at radius 3 is 1.55 bits per heavy atom. The van der Waals surface area contributed by atoms with Gasteiger partial charge in [0.1, 0.15) is 11.2 Å². The average Bonchev–Trinajstić information content (AvgIpc) is 3.89. The van der Waals surface area contributed by atoms with Crippen molar-refractivity contribution < 1.29 is 4.42 Å². The Morgan fingerprint density at radius 2 is 0.855 bits per heavy atom. The Balaban J connectivity index is 1.12. The number of benzene rings is 9. The van der Waals surface area contributed by atoms with Crippen molar-refractivity contribution >= 4 is 43.7 Å². The van der Waals surface area contributed by atoms with E-state index in [1.807, 2.05) is 60.7 Å². The summed E-state index contributed by atoms with van der Waals surface area (Å²) in [5, 5.41) is 4.49. The number of furan rings is 1. The summed E-state index contributed by atoms with van der Waals surface area (Å²) in [7, 11) is 0. The highest BCUT2D eigenvalue weighted by Crippen LogP contribution is 2.44. The van der Waals surface area contributed by atoms with E-state index < -0.39 is 0 Å². The number of rotatable bonds is 7. The van der Waals surface area contributed by atoms with Crippen molar-refractivity contribution in [1.29, 1.82) is 0 Å². The highest BCUT2D eigenvalue weighted by atomic mass is 16.3. The van der Waals surface area contributed by atoms with Crippen LogP contribution in [0.2, 0.25) is 0 Å². The largest absolute Gasteiger partial charge is 0.455 e. The third-order valence-corrected chi connectivity index (χ3v) is 11.9. The second-order valence-corrected chi connectivity index (χ2v) is 15.5. The summed E-state index contributed by atoms with van der Waals surface area (Å²) in [4.78, 5) is 15.6. The standard InChI is InChI=1S/C57H36N4O/c1-5-18-37(19-6-1)42-26-13-14-27-43(42)40-32-33-44(50(34-40)57-59-55(38-20-7-2-8-21-38)58-56(60-57)39-22-9-3-10-23-39)46-29-17-30-47-49-35-48-45-28-15-16-31-51(45)61(41-24-11-4-12-25-41)52(48)36-53(49)62-54(46)47/h1-36H. The highest BCUT2D eigenvalue weighted by molar-refractivity contribution is 6.19. The van der Waals surface area contributed by atoms with Crippen LogP contribution in [0.25, 0.3) is 117 Å². The van der Waals surface area contributed by atoms with Gasteiger partial charge < -0.3 is 8.98 Å². The number of hydrogen-bond donors (Lipinski definition) is 0. The zero-order chi connectivity index (χ0) is 41.0. The van der Waals surface area contributed by atoms with Crippen LogP contribution in [0, 0.1) is 0 Å². The molecule has 0 aliphatic carbocycles. The molecular formula is C57H36N4O. The number of aromatic nitrogens is 4. The third kappa shape index (κ3) is 5.98. The molecule has 9 aromatic carbocycles. The summed E-state index contributed by atoms with van der Waals surface area (Å²) in [6.45, 7) is 0. The first kappa shape index (κ1) is 35.5. The lowest BCUT2D eigenvalue weighted by molar-refractivity contribution is 0.670. The summed E-state index contributed by atoms with van der Waals surface area (Å²) < 4.78 is 9.37. The molecule has 0 atom stereocenters. The zero-order valence-corrected chi connectivity index (χ0v) is 33.5. The highest BCUT2D eigenvalue weighted by Gasteiger charge is 2.22. The molecule has 12 aromatic rings. The molecule has 0 bridgehead atoms. The van der Waals surface area contributed by atoms with Crippen LogP contribution < -0.4 is 0 Å². The molecular weight excluding hydrogens is 757 g/mol. The lowest BCUT2D eigenvalue weighted by Crippen LogP contribution is -2.01. The number of hydrogen-bond acceptors (Lipinski definition) is 4. The fourth-order valence-corrected chi connectivity index (χ4v) is 8.99. The summed E-state index contributed by atoms with van der Waals surface area (Å²) in [6, 6.07) is 76.2. The van der Waals surface area contributed by atoms with Crippen LogP contribution in [-0.2, 0) is 0 Å². The van der Waals surface area contributed by atoms with E-state index >= 15 is 0 Å². The summed E-state index contributed by atoms with van der Waals surface area (Å²) >= 11 is 0. The topological polar surface area (TPSA) is 56.7 Å². The van der Waals surface area contributed by atoms with Crippen LogP contribution in [0.15, 0.2) is 223 Å². The Labute approximate surface area is 357 Å². The van der Waals surface area contributed by atoms with Crippen molar-refractivity contribution in [3.63, 3.8) is 0 Å². The molecule has 0 amide bonds. The van der Waals surface area contributed by atoms with Gasteiger partial charge in [0.05, 0.1) is 11.0 Å². The summed E-state index contributed by atoms with van der Waals surface area (Å²) in [5.74, 6) is 1.79. The molecule has 0 saturated carbocycles. The van der Waals surface area contributed by atoms with E-state index in [9.17, 15) is 0 Å². The first-order chi connectivity index (χ1) is 30.7. The Morgan fingerprint density at radius 1 is 0.306 bits per heavy atom. The molecule has 0 aliphatic heterocycles. The van der Waals surface area contributed by atoms with Gasteiger partial charge in [-0.25, -0.2) is 15.0 Å². The minimum Gasteiger partial charge on any atom is -0.455 e. The lowest BCUT2D eigenvalue weighted by Gasteiger charge is -2.16. The summed E-state index contributed by atoms with van der Waals surface area (Å²) in [6.07, 6.45) is 0. The van der Waals surface area contributed by atoms with Crippen LogP contribution in [0.5, 0.6) is 0 Å². The van der Waals surface area contributed by atoms with Crippen molar-refractivity contribution in [1.82, 2.24) is 19.5 Å². The molecule has 62 heavy (non-hydrogen) atoms. The predicted molar refractivity (Wildman–Crippen MR) is 254 cm³/mol. The molecule has 290 valence electrons. The van der Waals surface area contributed by atoms with Gasteiger partial charge in [-0.2, -0.15) is 0 Å². The van der Waals surface area contributed by atoms with Gasteiger partial charge in [0.2, 0.25) is 0 Å². The smallest absolute Gasteiger partial charge is 0.164 e. The van der Waals surface area contributed by atoms with Gasteiger partial charge in [0.25, 0.3) is 0 Å². The van der Waals surface area contributed by atoms with Gasteiger partial charge in [-0.05, 0) is 58.1 Å². The van der Waals surface area contributed by atoms with E-state index in [-0.39, 0.29) is 0 Å². The Bertz CT molecular complexity index is 3560. The number of para-hydroxylation sites is 3. The lowest BCUT2D eigenvalue weighted by atomic mass is 9.90. The minimum atomic E-state index is 0.578. The normalized spacial score (nSPS) is 11.5. The van der Waals surface area contributed by atoms with Crippen LogP contribution in [0.1, 0.15) is 0 Å². The second-order valence-electron chi connectivity index (χ2n) is 15.5. The van der Waals surface area contributed by atoms with Crippen molar-refractivity contribution in [3.8, 4) is 73.2 Å². The van der Waals surface area contributed by atoms with Crippen LogP contribution >= 0.6 is 0 Å². The van der Waals surface area contributed by atoms with Crippen molar-refractivity contribution in [3.05, 3.63) is 218 Å². The quantitative estimate of drug-likeness (QED) is 0.161. The zero-order valence-electron chi connectivity index (χ0n) is 33.5. The van der Waals surface area contributed by atoms with Gasteiger partial charge in [-0.15, -0.1) is 0 Å². The van der Waals surface area contributed by atoms with Crippen molar-refractivity contribution in [2.75, 3.05) is 0 Å². The van der Waals surface area contributed by atoms with Crippen molar-refractivity contribution in [2.45, 2.75) is 0 Å². The van der Waals surface area contributed by atoms with E-state index in [4.69, 9.17) is 19.4 Å². The average molecular weight is 793 g/mol. The van der Waals surface area contributed by atoms with E-state index in [1.165, 1.54) is 10.8 Å². The molecule has 12 rings (SSSR count). The molecule has 0 fully saturated rings. The molecule has 0 unspecified atom stereocenters. The Kier molecular flexibility index (Phi) is 8.42. The van der Waals surface area contributed by atoms with Gasteiger partial charge in [-0.1, -0.05) is 182 Å². The summed E-state index contributed by atoms with van der Waals surface area (Å²) in [5.41, 5.74) is 14.1. The maximum Gasteiger partial charge on any atom is 0.164 e. The maximum atomic E-state index is 7.04. The van der Waals surface area contributed by atoms with Crippen LogP contribution in [0.4, 0.5) is 0 Å². The van der Waals surface area contributed by atoms with Gasteiger partial charge in [0.15, 0.2) is 17.5 Å². The van der Waals surface area contributed by atoms with E-state index in [0.717, 1.165) is 88.7 Å². The van der Waals surface area contributed by atoms with Crippen LogP contribution in [0.3, 0.4) is 0 Å². The van der Waals surface area contributed by atoms with Crippen LogP contribution in [-0.4, -0.2) is 19.5 Å². The fraction of sp³-hybridized carbons (Fsp3) is 0. The molecule has 5 heteroatoms. The minimum absolute atomic E-state index is 0.578. The second kappa shape index (κ2) is 14.7. The first-order valence-corrected chi connectivity index (χ1v) is 20.9. The Hall–Kier alpha value is -8.41. The fourth-order valence-electron chi connectivity index (χ4n) is 8.99. The molecule has 3 heterocycles. The number of nitrogens with zero attached hydrogens (tertiary/aromatic N) is 4. The third-order valence-electron chi connectivity index (χ3n) is 11.9. The molecule has 0 N–H and O–H groups in total. The molecule has 0 saturated heterocycles. The van der Waals surface area contributed by atoms with Gasteiger partial charge in [0, 0.05) is 55.6 Å². The molecule has 0 radical (unpaired) electrons. The van der Waals surface area contributed by atoms with E-state index in [0.29, 0.717) is 17.5 Å². The SMILES string of the molecule is c1ccc(-c2nc(-c3ccccc3)nc(-c3cc(-c4ccccc4-c4ccccc4)ccc3-c3cccc4c3oc3cc5c(cc34)c3ccccc3n5-c3ccccc3)n2)cc1. The van der Waals surface area contributed by atoms with Gasteiger partial charge >= 0.3 is 0 Å². The molecule has 5 nitrogen and oxygen atoms in total. The number of fused-ring (bicyclic) bond motifs is 6. The monoisotopic (exact) mass is 792 g/mol. The molecule has 0 spiro atoms.